The molecule has 0 saturated carbocycles. The highest BCUT2D eigenvalue weighted by molar-refractivity contribution is 5.46. The van der Waals surface area contributed by atoms with E-state index in [1.54, 1.807) is 7.11 Å². The summed E-state index contributed by atoms with van der Waals surface area (Å²) in [5.74, 6) is 0. The van der Waals surface area contributed by atoms with Crippen molar-refractivity contribution in [3.05, 3.63) is 29.8 Å². The molecule has 0 heterocycles. The third kappa shape index (κ3) is 3.77. The number of rotatable bonds is 6. The largest absolute Gasteiger partial charge is 0.398 e. The Morgan fingerprint density at radius 2 is 2.14 bits per heavy atom. The van der Waals surface area contributed by atoms with Crippen LogP contribution in [0.4, 0.5) is 5.69 Å². The summed E-state index contributed by atoms with van der Waals surface area (Å²) in [5, 5.41) is 3.32. The van der Waals surface area contributed by atoms with Crippen molar-refractivity contribution in [1.29, 1.82) is 0 Å². The monoisotopic (exact) mass is 194 g/mol. The third-order valence-corrected chi connectivity index (χ3v) is 2.07. The molecular formula is C11H18N2O. The van der Waals surface area contributed by atoms with Gasteiger partial charge >= 0.3 is 0 Å². The highest BCUT2D eigenvalue weighted by atomic mass is 16.5. The number of ether oxygens (including phenoxy) is 1. The van der Waals surface area contributed by atoms with Crippen LogP contribution in [0.3, 0.4) is 0 Å². The fourth-order valence-corrected chi connectivity index (χ4v) is 1.26. The van der Waals surface area contributed by atoms with Crippen LogP contribution in [0.2, 0.25) is 0 Å². The number of methoxy groups -OCH3 is 1. The van der Waals surface area contributed by atoms with Gasteiger partial charge in [0.05, 0.1) is 0 Å². The van der Waals surface area contributed by atoms with E-state index in [-0.39, 0.29) is 0 Å². The number of para-hydroxylation sites is 1. The minimum Gasteiger partial charge on any atom is -0.398 e. The molecule has 1 rings (SSSR count). The van der Waals surface area contributed by atoms with Crippen LogP contribution in [-0.2, 0) is 11.3 Å². The van der Waals surface area contributed by atoms with Gasteiger partial charge in [-0.2, -0.15) is 0 Å². The van der Waals surface area contributed by atoms with E-state index in [0.29, 0.717) is 0 Å². The van der Waals surface area contributed by atoms with Gasteiger partial charge in [-0.05, 0) is 24.6 Å². The van der Waals surface area contributed by atoms with Crippen molar-refractivity contribution in [2.24, 2.45) is 0 Å². The van der Waals surface area contributed by atoms with Crippen LogP contribution in [0.5, 0.6) is 0 Å². The van der Waals surface area contributed by atoms with E-state index in [1.807, 2.05) is 24.3 Å². The molecule has 1 aromatic carbocycles. The first-order valence-corrected chi connectivity index (χ1v) is 4.87. The lowest BCUT2D eigenvalue weighted by Gasteiger charge is -2.06. The van der Waals surface area contributed by atoms with Crippen LogP contribution in [0.25, 0.3) is 0 Å². The zero-order valence-electron chi connectivity index (χ0n) is 8.62. The number of anilines is 1. The Morgan fingerprint density at radius 3 is 2.86 bits per heavy atom. The number of nitrogens with one attached hydrogen (secondary N) is 1. The van der Waals surface area contributed by atoms with Gasteiger partial charge in [0.15, 0.2) is 0 Å². The zero-order chi connectivity index (χ0) is 10.2. The predicted molar refractivity (Wildman–Crippen MR) is 59.1 cm³/mol. The van der Waals surface area contributed by atoms with Crippen molar-refractivity contribution < 1.29 is 4.74 Å². The predicted octanol–water partition coefficient (Wildman–Crippen LogP) is 1.39. The van der Waals surface area contributed by atoms with E-state index in [2.05, 4.69) is 5.32 Å². The molecule has 3 N–H and O–H groups in total. The number of benzene rings is 1. The summed E-state index contributed by atoms with van der Waals surface area (Å²) in [6, 6.07) is 7.91. The molecule has 14 heavy (non-hydrogen) atoms. The standard InChI is InChI=1S/C11H18N2O/c1-14-8-4-7-13-9-10-5-2-3-6-11(10)12/h2-3,5-6,13H,4,7-9,12H2,1H3. The molecule has 3 heteroatoms. The minimum absolute atomic E-state index is 0.803. The van der Waals surface area contributed by atoms with Crippen molar-refractivity contribution in [3.63, 3.8) is 0 Å². The molecule has 0 amide bonds. The molecule has 0 radical (unpaired) electrons. The van der Waals surface area contributed by atoms with Crippen molar-refractivity contribution >= 4 is 5.69 Å². The number of nitrogen functional groups attached to an aromatic ring is 1. The molecule has 0 aliphatic carbocycles. The van der Waals surface area contributed by atoms with Crippen LogP contribution in [-0.4, -0.2) is 20.3 Å². The lowest BCUT2D eigenvalue weighted by Crippen LogP contribution is -2.16. The van der Waals surface area contributed by atoms with Gasteiger partial charge in [0, 0.05) is 25.9 Å². The maximum atomic E-state index is 5.80. The lowest BCUT2D eigenvalue weighted by atomic mass is 10.2. The SMILES string of the molecule is COCCCNCc1ccccc1N. The van der Waals surface area contributed by atoms with Gasteiger partial charge in [-0.1, -0.05) is 18.2 Å². The van der Waals surface area contributed by atoms with E-state index in [9.17, 15) is 0 Å². The Labute approximate surface area is 85.3 Å². The quantitative estimate of drug-likeness (QED) is 0.531. The van der Waals surface area contributed by atoms with Crippen molar-refractivity contribution in [2.75, 3.05) is 26.0 Å². The second-order valence-corrected chi connectivity index (χ2v) is 3.22. The van der Waals surface area contributed by atoms with Gasteiger partial charge in [0.25, 0.3) is 0 Å². The van der Waals surface area contributed by atoms with Gasteiger partial charge in [-0.25, -0.2) is 0 Å². The third-order valence-electron chi connectivity index (χ3n) is 2.07. The summed E-state index contributed by atoms with van der Waals surface area (Å²) < 4.78 is 4.95. The van der Waals surface area contributed by atoms with Gasteiger partial charge in [0.1, 0.15) is 0 Å². The van der Waals surface area contributed by atoms with Gasteiger partial charge < -0.3 is 15.8 Å². The maximum Gasteiger partial charge on any atom is 0.0474 e. The molecule has 0 aromatic heterocycles. The Bertz CT molecular complexity index is 263. The molecule has 0 aliphatic rings. The van der Waals surface area contributed by atoms with Crippen molar-refractivity contribution in [2.45, 2.75) is 13.0 Å². The van der Waals surface area contributed by atoms with E-state index in [1.165, 1.54) is 0 Å². The Morgan fingerprint density at radius 1 is 1.36 bits per heavy atom. The number of hydrogen-bond acceptors (Lipinski definition) is 3. The van der Waals surface area contributed by atoms with Crippen LogP contribution in [0.1, 0.15) is 12.0 Å². The summed E-state index contributed by atoms with van der Waals surface area (Å²) in [6.45, 7) is 2.59. The van der Waals surface area contributed by atoms with Crippen molar-refractivity contribution in [3.8, 4) is 0 Å². The first kappa shape index (κ1) is 11.0. The molecule has 0 aliphatic heterocycles. The summed E-state index contributed by atoms with van der Waals surface area (Å²) in [6.07, 6.45) is 1.03. The first-order valence-electron chi connectivity index (χ1n) is 4.87. The molecule has 0 saturated heterocycles. The summed E-state index contributed by atoms with van der Waals surface area (Å²) in [7, 11) is 1.72. The van der Waals surface area contributed by atoms with Gasteiger partial charge in [0.2, 0.25) is 0 Å². The lowest BCUT2D eigenvalue weighted by molar-refractivity contribution is 0.194. The smallest absolute Gasteiger partial charge is 0.0474 e. The second kappa shape index (κ2) is 6.40. The average Bonchev–Trinajstić information content (AvgIpc) is 2.20. The Hall–Kier alpha value is -1.06. The summed E-state index contributed by atoms with van der Waals surface area (Å²) in [5.41, 5.74) is 7.81. The molecule has 3 nitrogen and oxygen atoms in total. The maximum absolute atomic E-state index is 5.80. The number of nitrogens with two attached hydrogens (primary N) is 1. The van der Waals surface area contributed by atoms with Crippen molar-refractivity contribution in [1.82, 2.24) is 5.32 Å². The number of hydrogen-bond donors (Lipinski definition) is 2. The first-order chi connectivity index (χ1) is 6.84. The molecular weight excluding hydrogens is 176 g/mol. The van der Waals surface area contributed by atoms with Crippen LogP contribution in [0.15, 0.2) is 24.3 Å². The minimum atomic E-state index is 0.803. The fraction of sp³-hybridized carbons (Fsp3) is 0.455. The topological polar surface area (TPSA) is 47.3 Å². The molecule has 78 valence electrons. The van der Waals surface area contributed by atoms with Gasteiger partial charge in [-0.15, -0.1) is 0 Å². The van der Waals surface area contributed by atoms with Crippen LogP contribution < -0.4 is 11.1 Å². The molecule has 0 atom stereocenters. The van der Waals surface area contributed by atoms with E-state index in [0.717, 1.165) is 37.4 Å². The summed E-state index contributed by atoms with van der Waals surface area (Å²) in [4.78, 5) is 0. The Kier molecular flexibility index (Phi) is 5.04. The molecule has 0 fully saturated rings. The normalized spacial score (nSPS) is 10.4. The average molecular weight is 194 g/mol. The highest BCUT2D eigenvalue weighted by Gasteiger charge is 1.95. The highest BCUT2D eigenvalue weighted by Crippen LogP contribution is 2.09. The fourth-order valence-electron chi connectivity index (χ4n) is 1.26. The molecule has 1 aromatic rings. The second-order valence-electron chi connectivity index (χ2n) is 3.22. The molecule has 0 bridgehead atoms. The molecule has 0 unspecified atom stereocenters. The zero-order valence-corrected chi connectivity index (χ0v) is 8.62. The van der Waals surface area contributed by atoms with E-state index in [4.69, 9.17) is 10.5 Å². The van der Waals surface area contributed by atoms with E-state index < -0.39 is 0 Å². The van der Waals surface area contributed by atoms with Crippen LogP contribution in [0, 0.1) is 0 Å². The summed E-state index contributed by atoms with van der Waals surface area (Å²) >= 11 is 0. The van der Waals surface area contributed by atoms with Crippen LogP contribution >= 0.6 is 0 Å². The van der Waals surface area contributed by atoms with Gasteiger partial charge in [-0.3, -0.25) is 0 Å². The van der Waals surface area contributed by atoms with E-state index >= 15 is 0 Å². The molecule has 0 spiro atoms. The Balaban J connectivity index is 2.21.